The van der Waals surface area contributed by atoms with Crippen molar-refractivity contribution in [3.8, 4) is 0 Å². The Kier molecular flexibility index (Phi) is 7.07. The Labute approximate surface area is 149 Å². The third-order valence-corrected chi connectivity index (χ3v) is 5.12. The fraction of sp³-hybridized carbons (Fsp3) is 0.684. The van der Waals surface area contributed by atoms with Crippen molar-refractivity contribution in [2.45, 2.75) is 77.5 Å². The number of hydrogen-bond donors (Lipinski definition) is 3. The third-order valence-electron chi connectivity index (χ3n) is 5.12. The van der Waals surface area contributed by atoms with Crippen LogP contribution in [0.5, 0.6) is 0 Å². The van der Waals surface area contributed by atoms with Gasteiger partial charge >= 0.3 is 0 Å². The quantitative estimate of drug-likeness (QED) is 0.769. The first-order valence-electron chi connectivity index (χ1n) is 8.97. The van der Waals surface area contributed by atoms with Gasteiger partial charge in [0.15, 0.2) is 0 Å². The molecule has 0 aromatic carbocycles. The van der Waals surface area contributed by atoms with Crippen molar-refractivity contribution in [2.24, 2.45) is 5.92 Å². The summed E-state index contributed by atoms with van der Waals surface area (Å²) in [5, 5.41) is 29.0. The van der Waals surface area contributed by atoms with Crippen LogP contribution in [-0.2, 0) is 4.74 Å². The van der Waals surface area contributed by atoms with Gasteiger partial charge in [-0.05, 0) is 46.5 Å². The molecule has 2 fully saturated rings. The van der Waals surface area contributed by atoms with Crippen molar-refractivity contribution in [2.75, 3.05) is 0 Å². The molecule has 2 heterocycles. The molecule has 0 unspecified atom stereocenters. The monoisotopic (exact) mass is 350 g/mol. The lowest BCUT2D eigenvalue weighted by Crippen LogP contribution is -2.44. The predicted octanol–water partition coefficient (Wildman–Crippen LogP) is 1.78. The van der Waals surface area contributed by atoms with Gasteiger partial charge in [-0.2, -0.15) is 0 Å². The molecule has 0 bridgehead atoms. The highest BCUT2D eigenvalue weighted by Gasteiger charge is 2.46. The minimum absolute atomic E-state index is 0.243. The predicted molar refractivity (Wildman–Crippen MR) is 95.9 cm³/mol. The van der Waals surface area contributed by atoms with Gasteiger partial charge in [-0.3, -0.25) is 0 Å². The second-order valence-electron chi connectivity index (χ2n) is 6.93. The van der Waals surface area contributed by atoms with Crippen molar-refractivity contribution < 1.29 is 20.1 Å². The molecular formula is C19H30N2O4. The maximum Gasteiger partial charge on any atom is 0.115 e. The number of rotatable bonds is 3. The summed E-state index contributed by atoms with van der Waals surface area (Å²) in [4.78, 5) is 8.19. The molecule has 1 saturated carbocycles. The topological polar surface area (TPSA) is 95.7 Å². The van der Waals surface area contributed by atoms with E-state index in [4.69, 9.17) is 4.74 Å². The molecular weight excluding hydrogens is 320 g/mol. The van der Waals surface area contributed by atoms with Crippen LogP contribution < -0.4 is 0 Å². The Morgan fingerprint density at radius 3 is 2.16 bits per heavy atom. The van der Waals surface area contributed by atoms with Crippen molar-refractivity contribution >= 4 is 6.08 Å². The van der Waals surface area contributed by atoms with E-state index in [0.717, 1.165) is 36.2 Å². The summed E-state index contributed by atoms with van der Waals surface area (Å²) >= 11 is 0. The van der Waals surface area contributed by atoms with E-state index in [9.17, 15) is 15.3 Å². The number of hydrogen-bond acceptors (Lipinski definition) is 6. The van der Waals surface area contributed by atoms with Gasteiger partial charge in [0, 0.05) is 17.0 Å². The summed E-state index contributed by atoms with van der Waals surface area (Å²) in [5.41, 5.74) is 3.21. The van der Waals surface area contributed by atoms with E-state index in [0.29, 0.717) is 0 Å². The first-order chi connectivity index (χ1) is 11.9. The van der Waals surface area contributed by atoms with Gasteiger partial charge in [0.25, 0.3) is 0 Å². The van der Waals surface area contributed by atoms with E-state index in [1.54, 1.807) is 13.3 Å². The molecule has 0 spiro atoms. The second-order valence-corrected chi connectivity index (χ2v) is 6.93. The summed E-state index contributed by atoms with van der Waals surface area (Å²) in [5.74, 6) is 0.243. The van der Waals surface area contributed by atoms with Gasteiger partial charge in [-0.25, -0.2) is 9.97 Å². The highest BCUT2D eigenvalue weighted by atomic mass is 16.6. The van der Waals surface area contributed by atoms with E-state index in [1.165, 1.54) is 0 Å². The average Bonchev–Trinajstić information content (AvgIpc) is 2.78. The molecule has 1 aliphatic heterocycles. The summed E-state index contributed by atoms with van der Waals surface area (Å²) in [6.45, 7) is 7.68. The second kappa shape index (κ2) is 8.85. The molecule has 1 aromatic heterocycles. The van der Waals surface area contributed by atoms with Crippen LogP contribution in [0.1, 0.15) is 50.1 Å². The molecule has 2 aliphatic rings. The van der Waals surface area contributed by atoms with Crippen molar-refractivity contribution in [3.05, 3.63) is 29.4 Å². The normalized spacial score (nSPS) is 30.7. The highest BCUT2D eigenvalue weighted by molar-refractivity contribution is 5.53. The lowest BCUT2D eigenvalue weighted by atomic mass is 9.78. The summed E-state index contributed by atoms with van der Waals surface area (Å²) in [6, 6.07) is 0. The Hall–Kier alpha value is -1.34. The molecule has 0 radical (unpaired) electrons. The lowest BCUT2D eigenvalue weighted by Gasteiger charge is -2.34. The first kappa shape index (κ1) is 20.0. The Balaban J connectivity index is 0.000000186. The first-order valence-corrected chi connectivity index (χ1v) is 8.97. The SMILES string of the molecule is C/C=C\c1c(C)ncnc1C.C[C@@H]1O[C@H]([C@@H](O)C2CCC2)[C@@H](O)[C@H]1O. The number of aryl methyl sites for hydroxylation is 2. The van der Waals surface area contributed by atoms with Gasteiger partial charge in [0.2, 0.25) is 0 Å². The summed E-state index contributed by atoms with van der Waals surface area (Å²) in [6.07, 6.45) is 5.34. The minimum atomic E-state index is -0.944. The smallest absolute Gasteiger partial charge is 0.115 e. The number of nitrogens with zero attached hydrogens (tertiary/aromatic N) is 2. The maximum absolute atomic E-state index is 9.88. The molecule has 0 amide bonds. The van der Waals surface area contributed by atoms with Crippen LogP contribution in [0.25, 0.3) is 6.08 Å². The van der Waals surface area contributed by atoms with Crippen molar-refractivity contribution in [1.29, 1.82) is 0 Å². The fourth-order valence-electron chi connectivity index (χ4n) is 3.22. The molecule has 6 nitrogen and oxygen atoms in total. The molecule has 3 N–H and O–H groups in total. The highest BCUT2D eigenvalue weighted by Crippen LogP contribution is 2.35. The average molecular weight is 350 g/mol. The van der Waals surface area contributed by atoms with Gasteiger partial charge in [-0.15, -0.1) is 0 Å². The number of allylic oxidation sites excluding steroid dienone is 1. The maximum atomic E-state index is 9.88. The molecule has 5 atom stereocenters. The molecule has 25 heavy (non-hydrogen) atoms. The fourth-order valence-corrected chi connectivity index (χ4v) is 3.22. The molecule has 3 rings (SSSR count). The minimum Gasteiger partial charge on any atom is -0.390 e. The van der Waals surface area contributed by atoms with Crippen LogP contribution >= 0.6 is 0 Å². The van der Waals surface area contributed by atoms with E-state index in [1.807, 2.05) is 32.9 Å². The van der Waals surface area contributed by atoms with Crippen LogP contribution in [0.15, 0.2) is 12.4 Å². The zero-order valence-electron chi connectivity index (χ0n) is 15.5. The Bertz CT molecular complexity index is 569. The summed E-state index contributed by atoms with van der Waals surface area (Å²) in [7, 11) is 0. The standard InChI is InChI=1S/C10H18O4.C9H12N2/c1-5-7(11)9(13)10(14-5)8(12)6-3-2-4-6;1-4-5-9-7(2)10-6-11-8(9)3/h5-13H,2-4H2,1H3;4-6H,1-3H3/b;5-4-/t5-,7-,8-,9-,10+;/m0./s1. The van der Waals surface area contributed by atoms with Crippen LogP contribution in [0.2, 0.25) is 0 Å². The van der Waals surface area contributed by atoms with Crippen LogP contribution in [0.4, 0.5) is 0 Å². The van der Waals surface area contributed by atoms with E-state index < -0.39 is 24.4 Å². The van der Waals surface area contributed by atoms with E-state index >= 15 is 0 Å². The largest absolute Gasteiger partial charge is 0.390 e. The third kappa shape index (κ3) is 4.64. The number of aromatic nitrogens is 2. The number of aliphatic hydroxyl groups is 3. The van der Waals surface area contributed by atoms with E-state index in [2.05, 4.69) is 9.97 Å². The number of aliphatic hydroxyl groups excluding tert-OH is 3. The Morgan fingerprint density at radius 1 is 1.16 bits per heavy atom. The van der Waals surface area contributed by atoms with Crippen LogP contribution in [-0.4, -0.2) is 55.8 Å². The zero-order chi connectivity index (χ0) is 18.6. The van der Waals surface area contributed by atoms with Crippen LogP contribution in [0, 0.1) is 19.8 Å². The van der Waals surface area contributed by atoms with Gasteiger partial charge in [0.05, 0.1) is 12.2 Å². The molecule has 1 aliphatic carbocycles. The summed E-state index contributed by atoms with van der Waals surface area (Å²) < 4.78 is 5.35. The van der Waals surface area contributed by atoms with Gasteiger partial charge in [-0.1, -0.05) is 18.6 Å². The number of ether oxygens (including phenoxy) is 1. The van der Waals surface area contributed by atoms with Crippen molar-refractivity contribution in [3.63, 3.8) is 0 Å². The van der Waals surface area contributed by atoms with E-state index in [-0.39, 0.29) is 12.0 Å². The zero-order valence-corrected chi connectivity index (χ0v) is 15.5. The van der Waals surface area contributed by atoms with Crippen LogP contribution in [0.3, 0.4) is 0 Å². The molecule has 1 aromatic rings. The van der Waals surface area contributed by atoms with Gasteiger partial charge < -0.3 is 20.1 Å². The Morgan fingerprint density at radius 2 is 1.76 bits per heavy atom. The lowest BCUT2D eigenvalue weighted by molar-refractivity contribution is -0.0960. The van der Waals surface area contributed by atoms with Crippen molar-refractivity contribution in [1.82, 2.24) is 9.97 Å². The van der Waals surface area contributed by atoms with Gasteiger partial charge in [0.1, 0.15) is 24.6 Å². The molecule has 6 heteroatoms. The molecule has 1 saturated heterocycles. The molecule has 140 valence electrons.